The lowest BCUT2D eigenvalue weighted by Gasteiger charge is -2.26. The average Bonchev–Trinajstić information content (AvgIpc) is 2.55. The summed E-state index contributed by atoms with van der Waals surface area (Å²) in [6.45, 7) is 2.64. The Morgan fingerprint density at radius 2 is 1.88 bits per heavy atom. The minimum Gasteiger partial charge on any atom is -0.548 e. The summed E-state index contributed by atoms with van der Waals surface area (Å²) in [6.07, 6.45) is 0. The van der Waals surface area contributed by atoms with Crippen molar-refractivity contribution >= 4 is 33.3 Å². The van der Waals surface area contributed by atoms with E-state index in [-0.39, 0.29) is 16.3 Å². The van der Waals surface area contributed by atoms with Crippen LogP contribution in [0, 0.1) is 13.8 Å². The second kappa shape index (κ2) is 7.33. The van der Waals surface area contributed by atoms with Gasteiger partial charge in [0.15, 0.2) is 0 Å². The highest BCUT2D eigenvalue weighted by molar-refractivity contribution is 7.93. The van der Waals surface area contributed by atoms with E-state index in [9.17, 15) is 18.3 Å². The van der Waals surface area contributed by atoms with Crippen molar-refractivity contribution in [3.63, 3.8) is 0 Å². The van der Waals surface area contributed by atoms with Crippen LogP contribution in [0.25, 0.3) is 0 Å². The molecule has 134 valence electrons. The Hall–Kier alpha value is -2.25. The zero-order valence-corrected chi connectivity index (χ0v) is 15.5. The van der Waals surface area contributed by atoms with E-state index in [2.05, 4.69) is 0 Å². The predicted octanol–water partition coefficient (Wildman–Crippen LogP) is 1.91. The third kappa shape index (κ3) is 4.05. The van der Waals surface area contributed by atoms with Gasteiger partial charge in [0, 0.05) is 5.02 Å². The van der Waals surface area contributed by atoms with Gasteiger partial charge >= 0.3 is 0 Å². The maximum atomic E-state index is 13.1. The molecule has 0 heterocycles. The molecule has 0 N–H and O–H groups in total. The monoisotopic (exact) mass is 382 g/mol. The molecule has 6 nitrogen and oxygen atoms in total. The zero-order valence-electron chi connectivity index (χ0n) is 13.9. The molecule has 2 aromatic rings. The van der Waals surface area contributed by atoms with Gasteiger partial charge in [-0.05, 0) is 49.2 Å². The number of sulfonamides is 1. The second-order valence-corrected chi connectivity index (χ2v) is 7.71. The number of aryl methyl sites for hydroxylation is 2. The van der Waals surface area contributed by atoms with Crippen molar-refractivity contribution < 1.29 is 23.1 Å². The van der Waals surface area contributed by atoms with Crippen molar-refractivity contribution in [2.75, 3.05) is 18.0 Å². The second-order valence-electron chi connectivity index (χ2n) is 5.47. The lowest BCUT2D eigenvalue weighted by molar-refractivity contribution is -0.303. The number of nitrogens with zero attached hydrogens (tertiary/aromatic N) is 1. The van der Waals surface area contributed by atoms with Crippen LogP contribution in [0.5, 0.6) is 5.75 Å². The Morgan fingerprint density at radius 1 is 1.20 bits per heavy atom. The van der Waals surface area contributed by atoms with Crippen molar-refractivity contribution in [2.45, 2.75) is 18.7 Å². The number of rotatable bonds is 6. The van der Waals surface area contributed by atoms with Gasteiger partial charge in [-0.3, -0.25) is 4.31 Å². The van der Waals surface area contributed by atoms with Crippen LogP contribution in [-0.4, -0.2) is 28.0 Å². The molecule has 0 aliphatic heterocycles. The summed E-state index contributed by atoms with van der Waals surface area (Å²) < 4.78 is 32.1. The molecule has 0 spiro atoms. The highest BCUT2D eigenvalue weighted by Gasteiger charge is 2.29. The topological polar surface area (TPSA) is 86.7 Å². The molecule has 0 aliphatic rings. The number of carboxylic acids is 1. The van der Waals surface area contributed by atoms with E-state index in [0.717, 1.165) is 9.87 Å². The zero-order chi connectivity index (χ0) is 18.8. The molecule has 0 aliphatic carbocycles. The first-order valence-electron chi connectivity index (χ1n) is 7.30. The van der Waals surface area contributed by atoms with E-state index in [1.165, 1.54) is 31.4 Å². The van der Waals surface area contributed by atoms with Crippen LogP contribution in [0.4, 0.5) is 5.69 Å². The number of benzene rings is 2. The van der Waals surface area contributed by atoms with Crippen LogP contribution in [0.15, 0.2) is 41.3 Å². The minimum absolute atomic E-state index is 0.118. The summed E-state index contributed by atoms with van der Waals surface area (Å²) in [6, 6.07) is 9.14. The van der Waals surface area contributed by atoms with E-state index in [1.54, 1.807) is 26.0 Å². The van der Waals surface area contributed by atoms with E-state index < -0.39 is 22.5 Å². The number of carbonyl (C=O) groups is 1. The maximum absolute atomic E-state index is 13.1. The van der Waals surface area contributed by atoms with E-state index in [0.29, 0.717) is 10.6 Å². The van der Waals surface area contributed by atoms with Crippen LogP contribution in [0.3, 0.4) is 0 Å². The molecule has 0 aromatic heterocycles. The van der Waals surface area contributed by atoms with Crippen LogP contribution in [0.1, 0.15) is 11.1 Å². The van der Waals surface area contributed by atoms with Crippen molar-refractivity contribution in [3.05, 3.63) is 52.5 Å². The third-order valence-electron chi connectivity index (χ3n) is 3.60. The van der Waals surface area contributed by atoms with Crippen LogP contribution in [-0.2, 0) is 14.8 Å². The first-order valence-corrected chi connectivity index (χ1v) is 9.12. The van der Waals surface area contributed by atoms with E-state index in [4.69, 9.17) is 16.3 Å². The summed E-state index contributed by atoms with van der Waals surface area (Å²) in [4.78, 5) is 11.0. The molecule has 0 atom stereocenters. The number of hydrogen-bond donors (Lipinski definition) is 0. The molecule has 0 radical (unpaired) electrons. The third-order valence-corrected chi connectivity index (χ3v) is 5.81. The number of ether oxygens (including phenoxy) is 1. The highest BCUT2D eigenvalue weighted by atomic mass is 35.5. The summed E-state index contributed by atoms with van der Waals surface area (Å²) >= 11 is 6.07. The van der Waals surface area contributed by atoms with Gasteiger partial charge in [-0.15, -0.1) is 0 Å². The summed E-state index contributed by atoms with van der Waals surface area (Å²) in [7, 11) is -2.87. The predicted molar refractivity (Wildman–Crippen MR) is 93.5 cm³/mol. The van der Waals surface area contributed by atoms with Gasteiger partial charge in [0.2, 0.25) is 0 Å². The number of carboxylic acid groups (broad SMARTS) is 1. The quantitative estimate of drug-likeness (QED) is 0.761. The SMILES string of the molecule is COc1ccc(C)cc1S(=O)(=O)N(CC(=O)[O-])c1ccc(C)c(Cl)c1. The number of methoxy groups -OCH3 is 1. The van der Waals surface area contributed by atoms with Gasteiger partial charge in [-0.25, -0.2) is 8.42 Å². The molecule has 2 rings (SSSR count). The molecular weight excluding hydrogens is 366 g/mol. The largest absolute Gasteiger partial charge is 0.548 e. The molecule has 8 heteroatoms. The summed E-state index contributed by atoms with van der Waals surface area (Å²) in [5.41, 5.74) is 1.56. The van der Waals surface area contributed by atoms with Gasteiger partial charge in [0.05, 0.1) is 25.3 Å². The van der Waals surface area contributed by atoms with Gasteiger partial charge in [-0.2, -0.15) is 0 Å². The van der Waals surface area contributed by atoms with Gasteiger partial charge < -0.3 is 14.6 Å². The lowest BCUT2D eigenvalue weighted by atomic mass is 10.2. The number of aliphatic carboxylic acids is 1. The van der Waals surface area contributed by atoms with E-state index in [1.807, 2.05) is 0 Å². The van der Waals surface area contributed by atoms with Crippen molar-refractivity contribution in [2.24, 2.45) is 0 Å². The van der Waals surface area contributed by atoms with Crippen molar-refractivity contribution in [1.82, 2.24) is 0 Å². The number of carbonyl (C=O) groups excluding carboxylic acids is 1. The first-order chi connectivity index (χ1) is 11.7. The summed E-state index contributed by atoms with van der Waals surface area (Å²) in [5.74, 6) is -1.42. The molecule has 2 aromatic carbocycles. The Bertz CT molecular complexity index is 911. The van der Waals surface area contributed by atoms with Crippen LogP contribution >= 0.6 is 11.6 Å². The normalized spacial score (nSPS) is 11.2. The van der Waals surface area contributed by atoms with Gasteiger partial charge in [0.25, 0.3) is 10.0 Å². The molecule has 0 amide bonds. The highest BCUT2D eigenvalue weighted by Crippen LogP contribution is 2.32. The van der Waals surface area contributed by atoms with Crippen LogP contribution in [0.2, 0.25) is 5.02 Å². The Kier molecular flexibility index (Phi) is 5.59. The molecule has 0 unspecified atom stereocenters. The average molecular weight is 383 g/mol. The number of anilines is 1. The fourth-order valence-electron chi connectivity index (χ4n) is 2.27. The van der Waals surface area contributed by atoms with E-state index >= 15 is 0 Å². The fourth-order valence-corrected chi connectivity index (χ4v) is 4.09. The Labute approximate surface area is 151 Å². The van der Waals surface area contributed by atoms with Crippen LogP contribution < -0.4 is 14.1 Å². The molecule has 25 heavy (non-hydrogen) atoms. The number of hydrogen-bond acceptors (Lipinski definition) is 5. The molecule has 0 saturated heterocycles. The maximum Gasteiger partial charge on any atom is 0.268 e. The summed E-state index contributed by atoms with van der Waals surface area (Å²) in [5, 5.41) is 11.5. The molecule has 0 fully saturated rings. The molecular formula is C17H17ClNO5S-. The van der Waals surface area contributed by atoms with Crippen molar-refractivity contribution in [1.29, 1.82) is 0 Å². The Balaban J connectivity index is 2.66. The number of halogens is 1. The smallest absolute Gasteiger partial charge is 0.268 e. The standard InChI is InChI=1S/C17H18ClNO5S/c1-11-4-7-15(24-3)16(8-11)25(22,23)19(10-17(20)21)13-6-5-12(2)14(18)9-13/h4-9H,10H2,1-3H3,(H,20,21)/p-1. The Morgan fingerprint density at radius 3 is 2.44 bits per heavy atom. The molecule has 0 saturated carbocycles. The van der Waals surface area contributed by atoms with Gasteiger partial charge in [-0.1, -0.05) is 23.7 Å². The molecule has 0 bridgehead atoms. The minimum atomic E-state index is -4.22. The van der Waals surface area contributed by atoms with Crippen molar-refractivity contribution in [3.8, 4) is 5.75 Å². The lowest BCUT2D eigenvalue weighted by Crippen LogP contribution is -2.41. The van der Waals surface area contributed by atoms with Gasteiger partial charge in [0.1, 0.15) is 10.6 Å². The fraction of sp³-hybridized carbons (Fsp3) is 0.235. The first kappa shape index (κ1) is 19.1.